The summed E-state index contributed by atoms with van der Waals surface area (Å²) in [5.74, 6) is 0.511. The Bertz CT molecular complexity index is 838. The number of carbonyl (C=O) groups is 1. The third-order valence-corrected chi connectivity index (χ3v) is 4.11. The van der Waals surface area contributed by atoms with Crippen molar-refractivity contribution in [2.24, 2.45) is 0 Å². The Morgan fingerprint density at radius 2 is 1.74 bits per heavy atom. The molecule has 23 heavy (non-hydrogen) atoms. The van der Waals surface area contributed by atoms with Gasteiger partial charge in [0.05, 0.1) is 5.56 Å². The molecule has 0 saturated carbocycles. The van der Waals surface area contributed by atoms with Crippen LogP contribution in [0.5, 0.6) is 0 Å². The second-order valence-electron chi connectivity index (χ2n) is 5.05. The Hall–Kier alpha value is -2.15. The van der Waals surface area contributed by atoms with Crippen molar-refractivity contribution in [1.82, 2.24) is 0 Å². The van der Waals surface area contributed by atoms with E-state index in [9.17, 15) is 9.18 Å². The number of rotatable bonds is 3. The molecule has 0 spiro atoms. The van der Waals surface area contributed by atoms with E-state index in [4.69, 9.17) is 4.42 Å². The van der Waals surface area contributed by atoms with Gasteiger partial charge in [0.2, 0.25) is 0 Å². The number of carbonyl (C=O) groups excluding carboxylic acids is 1. The van der Waals surface area contributed by atoms with Crippen molar-refractivity contribution in [1.29, 1.82) is 0 Å². The Kier molecular flexibility index (Phi) is 4.47. The number of hydrogen-bond acceptors (Lipinski definition) is 2. The first kappa shape index (κ1) is 15.7. The van der Waals surface area contributed by atoms with Gasteiger partial charge >= 0.3 is 0 Å². The van der Waals surface area contributed by atoms with Crippen LogP contribution in [0.3, 0.4) is 0 Å². The predicted molar refractivity (Wildman–Crippen MR) is 96.0 cm³/mol. The Balaban J connectivity index is 1.84. The van der Waals surface area contributed by atoms with E-state index >= 15 is 0 Å². The van der Waals surface area contributed by atoms with E-state index in [0.29, 0.717) is 17.1 Å². The van der Waals surface area contributed by atoms with Crippen LogP contribution < -0.4 is 5.32 Å². The SMILES string of the molecule is Cc1oc(-c2ccc(F)cc2)cc1C(=O)Nc1ccc(I)cc1. The van der Waals surface area contributed by atoms with Crippen LogP contribution in [0.25, 0.3) is 11.3 Å². The van der Waals surface area contributed by atoms with Crippen molar-refractivity contribution >= 4 is 34.2 Å². The number of halogens is 2. The molecule has 0 atom stereocenters. The Morgan fingerprint density at radius 3 is 2.39 bits per heavy atom. The molecule has 0 saturated heterocycles. The number of nitrogens with one attached hydrogen (secondary N) is 1. The smallest absolute Gasteiger partial charge is 0.259 e. The second kappa shape index (κ2) is 6.54. The summed E-state index contributed by atoms with van der Waals surface area (Å²) in [6, 6.07) is 15.2. The van der Waals surface area contributed by atoms with Gasteiger partial charge in [0, 0.05) is 14.8 Å². The van der Waals surface area contributed by atoms with Crippen LogP contribution in [0.1, 0.15) is 16.1 Å². The van der Waals surface area contributed by atoms with Gasteiger partial charge in [-0.05, 0) is 84.1 Å². The van der Waals surface area contributed by atoms with Crippen molar-refractivity contribution in [2.45, 2.75) is 6.92 Å². The fourth-order valence-electron chi connectivity index (χ4n) is 2.20. The number of benzene rings is 2. The van der Waals surface area contributed by atoms with Crippen LogP contribution in [0.4, 0.5) is 10.1 Å². The molecule has 0 fully saturated rings. The molecule has 1 N–H and O–H groups in total. The van der Waals surface area contributed by atoms with Crippen LogP contribution in [0.15, 0.2) is 59.0 Å². The third kappa shape index (κ3) is 3.61. The Labute approximate surface area is 146 Å². The molecular weight excluding hydrogens is 408 g/mol. The zero-order valence-electron chi connectivity index (χ0n) is 12.3. The molecule has 1 amide bonds. The maximum atomic E-state index is 13.0. The van der Waals surface area contributed by atoms with E-state index in [2.05, 4.69) is 27.9 Å². The first-order valence-corrected chi connectivity index (χ1v) is 8.04. The van der Waals surface area contributed by atoms with Gasteiger partial charge in [-0.15, -0.1) is 0 Å². The highest BCUT2D eigenvalue weighted by Gasteiger charge is 2.16. The van der Waals surface area contributed by atoms with Crippen LogP contribution in [0.2, 0.25) is 0 Å². The highest BCUT2D eigenvalue weighted by Crippen LogP contribution is 2.26. The summed E-state index contributed by atoms with van der Waals surface area (Å²) in [6.07, 6.45) is 0. The lowest BCUT2D eigenvalue weighted by Crippen LogP contribution is -2.11. The molecule has 116 valence electrons. The molecule has 0 bridgehead atoms. The summed E-state index contributed by atoms with van der Waals surface area (Å²) in [4.78, 5) is 12.4. The quantitative estimate of drug-likeness (QED) is 0.587. The molecule has 0 aliphatic rings. The maximum absolute atomic E-state index is 13.0. The molecule has 1 aromatic heterocycles. The minimum atomic E-state index is -0.311. The first-order chi connectivity index (χ1) is 11.0. The predicted octanol–water partition coefficient (Wildman–Crippen LogP) is 5.25. The van der Waals surface area contributed by atoms with Crippen molar-refractivity contribution in [3.8, 4) is 11.3 Å². The molecule has 2 aromatic carbocycles. The van der Waals surface area contributed by atoms with E-state index in [1.165, 1.54) is 12.1 Å². The molecule has 0 aliphatic carbocycles. The van der Waals surface area contributed by atoms with Crippen molar-refractivity contribution in [3.05, 3.63) is 75.3 Å². The lowest BCUT2D eigenvalue weighted by atomic mass is 10.1. The number of anilines is 1. The van der Waals surface area contributed by atoms with Crippen LogP contribution in [0, 0.1) is 16.3 Å². The molecule has 0 radical (unpaired) electrons. The monoisotopic (exact) mass is 421 g/mol. The lowest BCUT2D eigenvalue weighted by molar-refractivity contribution is 0.102. The van der Waals surface area contributed by atoms with E-state index in [1.54, 1.807) is 25.1 Å². The average Bonchev–Trinajstić information content (AvgIpc) is 2.92. The summed E-state index contributed by atoms with van der Waals surface area (Å²) in [5, 5.41) is 2.84. The first-order valence-electron chi connectivity index (χ1n) is 6.96. The van der Waals surface area contributed by atoms with Crippen LogP contribution in [-0.2, 0) is 0 Å². The van der Waals surface area contributed by atoms with Crippen molar-refractivity contribution < 1.29 is 13.6 Å². The number of furan rings is 1. The summed E-state index contributed by atoms with van der Waals surface area (Å²) in [5.41, 5.74) is 1.91. The van der Waals surface area contributed by atoms with Gasteiger partial charge in [-0.25, -0.2) is 4.39 Å². The fraction of sp³-hybridized carbons (Fsp3) is 0.0556. The normalized spacial score (nSPS) is 10.6. The van der Waals surface area contributed by atoms with Gasteiger partial charge in [0.1, 0.15) is 17.3 Å². The van der Waals surface area contributed by atoms with E-state index in [0.717, 1.165) is 14.8 Å². The number of amides is 1. The summed E-state index contributed by atoms with van der Waals surface area (Å²) in [6.45, 7) is 1.73. The van der Waals surface area contributed by atoms with E-state index < -0.39 is 0 Å². The second-order valence-corrected chi connectivity index (χ2v) is 6.29. The molecule has 3 aromatic rings. The molecule has 3 rings (SSSR count). The van der Waals surface area contributed by atoms with Gasteiger partial charge in [-0.3, -0.25) is 4.79 Å². The van der Waals surface area contributed by atoms with Crippen molar-refractivity contribution in [2.75, 3.05) is 5.32 Å². The molecule has 5 heteroatoms. The van der Waals surface area contributed by atoms with Crippen LogP contribution >= 0.6 is 22.6 Å². The van der Waals surface area contributed by atoms with E-state index in [-0.39, 0.29) is 11.7 Å². The zero-order valence-corrected chi connectivity index (χ0v) is 14.4. The number of aryl methyl sites for hydroxylation is 1. The molecule has 3 nitrogen and oxygen atoms in total. The summed E-state index contributed by atoms with van der Waals surface area (Å²) >= 11 is 2.20. The van der Waals surface area contributed by atoms with Gasteiger partial charge in [-0.2, -0.15) is 0 Å². The molecular formula is C18H13FINO2. The molecule has 1 heterocycles. The minimum Gasteiger partial charge on any atom is -0.461 e. The topological polar surface area (TPSA) is 42.2 Å². The fourth-order valence-corrected chi connectivity index (χ4v) is 2.56. The largest absolute Gasteiger partial charge is 0.461 e. The summed E-state index contributed by atoms with van der Waals surface area (Å²) < 4.78 is 19.7. The third-order valence-electron chi connectivity index (χ3n) is 3.39. The average molecular weight is 421 g/mol. The highest BCUT2D eigenvalue weighted by atomic mass is 127. The van der Waals surface area contributed by atoms with Crippen molar-refractivity contribution in [3.63, 3.8) is 0 Å². The standard InChI is InChI=1S/C18H13FINO2/c1-11-16(18(22)21-15-8-6-14(20)7-9-15)10-17(23-11)12-2-4-13(19)5-3-12/h2-10H,1H3,(H,21,22). The van der Waals surface area contributed by atoms with Crippen LogP contribution in [-0.4, -0.2) is 5.91 Å². The lowest BCUT2D eigenvalue weighted by Gasteiger charge is -2.03. The molecule has 0 aliphatic heterocycles. The van der Waals surface area contributed by atoms with Gasteiger partial charge < -0.3 is 9.73 Å². The highest BCUT2D eigenvalue weighted by molar-refractivity contribution is 14.1. The van der Waals surface area contributed by atoms with Gasteiger partial charge in [0.25, 0.3) is 5.91 Å². The van der Waals surface area contributed by atoms with Gasteiger partial charge in [-0.1, -0.05) is 0 Å². The van der Waals surface area contributed by atoms with Gasteiger partial charge in [0.15, 0.2) is 0 Å². The summed E-state index contributed by atoms with van der Waals surface area (Å²) in [7, 11) is 0. The maximum Gasteiger partial charge on any atom is 0.259 e. The Morgan fingerprint density at radius 1 is 1.09 bits per heavy atom. The molecule has 0 unspecified atom stereocenters. The minimum absolute atomic E-state index is 0.235. The number of hydrogen-bond donors (Lipinski definition) is 1. The van der Waals surface area contributed by atoms with E-state index in [1.807, 2.05) is 24.3 Å². The zero-order chi connectivity index (χ0) is 16.4.